The summed E-state index contributed by atoms with van der Waals surface area (Å²) in [6.45, 7) is 0. The van der Waals surface area contributed by atoms with Crippen LogP contribution in [-0.2, 0) is 4.57 Å². The van der Waals surface area contributed by atoms with Crippen molar-refractivity contribution in [1.29, 1.82) is 0 Å². The van der Waals surface area contributed by atoms with E-state index in [0.717, 1.165) is 31.4 Å². The van der Waals surface area contributed by atoms with Gasteiger partial charge in [0, 0.05) is 17.8 Å². The Morgan fingerprint density at radius 2 is 1.22 bits per heavy atom. The normalized spacial score (nSPS) is 21.2. The van der Waals surface area contributed by atoms with Crippen LogP contribution in [0.25, 0.3) is 0 Å². The van der Waals surface area contributed by atoms with Crippen LogP contribution in [0.5, 0.6) is 0 Å². The van der Waals surface area contributed by atoms with Gasteiger partial charge in [-0.25, -0.2) is 10.2 Å². The van der Waals surface area contributed by atoms with Gasteiger partial charge in [0.25, 0.3) is 0 Å². The summed E-state index contributed by atoms with van der Waals surface area (Å²) in [6, 6.07) is 10.6. The first-order valence-electron chi connectivity index (χ1n) is 9.22. The van der Waals surface area contributed by atoms with Crippen molar-refractivity contribution in [3.05, 3.63) is 30.3 Å². The van der Waals surface area contributed by atoms with E-state index in [1.54, 1.807) is 0 Å². The van der Waals surface area contributed by atoms with Gasteiger partial charge in [-0.2, -0.15) is 0 Å². The molecule has 1 aromatic rings. The van der Waals surface area contributed by atoms with Crippen molar-refractivity contribution in [1.82, 2.24) is 10.2 Å². The smallest absolute Gasteiger partial charge is 0.303 e. The van der Waals surface area contributed by atoms with Gasteiger partial charge in [0.1, 0.15) is 0 Å². The Morgan fingerprint density at radius 1 is 0.739 bits per heavy atom. The van der Waals surface area contributed by atoms with Gasteiger partial charge in [-0.1, -0.05) is 56.7 Å². The zero-order valence-corrected chi connectivity index (χ0v) is 14.9. The molecule has 2 aliphatic rings. The molecule has 4 nitrogen and oxygen atoms in total. The highest BCUT2D eigenvalue weighted by atomic mass is 31.2. The van der Waals surface area contributed by atoms with E-state index in [4.69, 9.17) is 0 Å². The van der Waals surface area contributed by atoms with Crippen molar-refractivity contribution in [3.63, 3.8) is 0 Å². The number of hydrogen-bond acceptors (Lipinski definition) is 1. The third-order valence-electron chi connectivity index (χ3n) is 5.00. The second kappa shape index (κ2) is 8.32. The Balaban J connectivity index is 1.69. The van der Waals surface area contributed by atoms with E-state index >= 15 is 0 Å². The summed E-state index contributed by atoms with van der Waals surface area (Å²) in [7, 11) is -2.83. The number of anilines is 1. The van der Waals surface area contributed by atoms with E-state index in [9.17, 15) is 4.57 Å². The van der Waals surface area contributed by atoms with E-state index < -0.39 is 7.59 Å². The molecule has 0 amide bonds. The highest BCUT2D eigenvalue weighted by molar-refractivity contribution is 7.61. The van der Waals surface area contributed by atoms with Crippen LogP contribution in [0.1, 0.15) is 64.2 Å². The predicted molar refractivity (Wildman–Crippen MR) is 97.7 cm³/mol. The number of hydrogen-bond donors (Lipinski definition) is 3. The lowest BCUT2D eigenvalue weighted by atomic mass is 9.96. The fourth-order valence-corrected chi connectivity index (χ4v) is 6.04. The lowest BCUT2D eigenvalue weighted by Crippen LogP contribution is -2.40. The van der Waals surface area contributed by atoms with Crippen LogP contribution in [0.2, 0.25) is 0 Å². The molecule has 0 atom stereocenters. The molecule has 23 heavy (non-hydrogen) atoms. The second-order valence-electron chi connectivity index (χ2n) is 7.02. The minimum atomic E-state index is -2.83. The third-order valence-corrected chi connectivity index (χ3v) is 7.03. The van der Waals surface area contributed by atoms with Crippen LogP contribution in [0, 0.1) is 0 Å². The fourth-order valence-electron chi connectivity index (χ4n) is 3.77. The lowest BCUT2D eigenvalue weighted by molar-refractivity contribution is 0.391. The highest BCUT2D eigenvalue weighted by Gasteiger charge is 2.30. The summed E-state index contributed by atoms with van der Waals surface area (Å²) >= 11 is 0. The molecule has 0 aliphatic heterocycles. The van der Waals surface area contributed by atoms with Crippen molar-refractivity contribution >= 4 is 13.3 Å². The first-order chi connectivity index (χ1) is 11.2. The maximum atomic E-state index is 13.6. The molecule has 0 bridgehead atoms. The molecule has 0 saturated heterocycles. The summed E-state index contributed by atoms with van der Waals surface area (Å²) in [4.78, 5) is 0. The highest BCUT2D eigenvalue weighted by Crippen LogP contribution is 2.41. The fraction of sp³-hybridized carbons (Fsp3) is 0.667. The Morgan fingerprint density at radius 3 is 1.70 bits per heavy atom. The van der Waals surface area contributed by atoms with Gasteiger partial charge in [-0.3, -0.25) is 4.57 Å². The first kappa shape index (κ1) is 17.0. The SMILES string of the molecule is O=P(Nc1ccccc1)(NC1CCCCC1)NC1CCCCC1. The monoisotopic (exact) mass is 335 g/mol. The second-order valence-corrected chi connectivity index (χ2v) is 8.97. The molecule has 3 rings (SSSR count). The van der Waals surface area contributed by atoms with Gasteiger partial charge < -0.3 is 5.09 Å². The number of nitrogens with one attached hydrogen (secondary N) is 3. The van der Waals surface area contributed by atoms with E-state index in [1.165, 1.54) is 38.5 Å². The summed E-state index contributed by atoms with van der Waals surface area (Å²) in [5.74, 6) is 0. The Kier molecular flexibility index (Phi) is 6.15. The van der Waals surface area contributed by atoms with E-state index in [2.05, 4.69) is 15.3 Å². The van der Waals surface area contributed by atoms with Gasteiger partial charge in [-0.05, 0) is 37.8 Å². The maximum absolute atomic E-state index is 13.6. The maximum Gasteiger partial charge on any atom is 0.303 e. The molecule has 3 N–H and O–H groups in total. The zero-order chi connectivity index (χ0) is 16.0. The first-order valence-corrected chi connectivity index (χ1v) is 10.9. The van der Waals surface area contributed by atoms with Crippen LogP contribution in [0.15, 0.2) is 30.3 Å². The van der Waals surface area contributed by atoms with Gasteiger partial charge in [0.15, 0.2) is 0 Å². The van der Waals surface area contributed by atoms with Gasteiger partial charge >= 0.3 is 7.59 Å². The standard InChI is InChI=1S/C18H30N3OP/c22-23(19-16-10-4-1-5-11-16,20-17-12-6-2-7-13-17)21-18-14-8-3-9-15-18/h1,4-5,10-11,17-18H,2-3,6-9,12-15H2,(H3,19,20,21,22). The average molecular weight is 335 g/mol. The quantitative estimate of drug-likeness (QED) is 0.637. The Labute approximate surface area is 140 Å². The van der Waals surface area contributed by atoms with Crippen LogP contribution in [-0.4, -0.2) is 12.1 Å². The van der Waals surface area contributed by atoms with Crippen LogP contribution in [0.4, 0.5) is 5.69 Å². The van der Waals surface area contributed by atoms with E-state index in [1.807, 2.05) is 30.3 Å². The molecule has 1 aromatic carbocycles. The zero-order valence-electron chi connectivity index (χ0n) is 14.0. The summed E-state index contributed by atoms with van der Waals surface area (Å²) in [5.41, 5.74) is 0.919. The molecule has 128 valence electrons. The molecule has 0 radical (unpaired) electrons. The van der Waals surface area contributed by atoms with Crippen LogP contribution >= 0.6 is 7.59 Å². The predicted octanol–water partition coefficient (Wildman–Crippen LogP) is 5.05. The summed E-state index contributed by atoms with van der Waals surface area (Å²) in [5, 5.41) is 10.2. The van der Waals surface area contributed by atoms with Crippen molar-refractivity contribution in [2.24, 2.45) is 0 Å². The van der Waals surface area contributed by atoms with Gasteiger partial charge in [0.2, 0.25) is 0 Å². The van der Waals surface area contributed by atoms with Crippen molar-refractivity contribution < 1.29 is 4.57 Å². The molecule has 2 aliphatic carbocycles. The lowest BCUT2D eigenvalue weighted by Gasteiger charge is -2.33. The number of benzene rings is 1. The molecule has 0 spiro atoms. The third kappa shape index (κ3) is 5.34. The molecule has 5 heteroatoms. The van der Waals surface area contributed by atoms with Crippen LogP contribution < -0.4 is 15.3 Å². The molecular formula is C18H30N3OP. The molecule has 2 saturated carbocycles. The van der Waals surface area contributed by atoms with Crippen molar-refractivity contribution in [2.45, 2.75) is 76.3 Å². The molecule has 0 heterocycles. The molecule has 2 fully saturated rings. The summed E-state index contributed by atoms with van der Waals surface area (Å²) in [6.07, 6.45) is 12.1. The minimum absolute atomic E-state index is 0.363. The van der Waals surface area contributed by atoms with E-state index in [0.29, 0.717) is 12.1 Å². The Hall–Kier alpha value is -0.830. The minimum Gasteiger partial charge on any atom is -0.313 e. The van der Waals surface area contributed by atoms with Crippen molar-refractivity contribution in [3.8, 4) is 0 Å². The van der Waals surface area contributed by atoms with Crippen LogP contribution in [0.3, 0.4) is 0 Å². The number of rotatable bonds is 6. The Bertz CT molecular complexity index is 486. The molecule has 0 unspecified atom stereocenters. The summed E-state index contributed by atoms with van der Waals surface area (Å²) < 4.78 is 13.6. The molecular weight excluding hydrogens is 305 g/mol. The average Bonchev–Trinajstić information content (AvgIpc) is 2.57. The topological polar surface area (TPSA) is 53.2 Å². The van der Waals surface area contributed by atoms with Gasteiger partial charge in [-0.15, -0.1) is 0 Å². The van der Waals surface area contributed by atoms with Crippen molar-refractivity contribution in [2.75, 3.05) is 5.09 Å². The van der Waals surface area contributed by atoms with E-state index in [-0.39, 0.29) is 0 Å². The number of para-hydroxylation sites is 1. The largest absolute Gasteiger partial charge is 0.313 e. The molecule has 0 aromatic heterocycles. The van der Waals surface area contributed by atoms with Gasteiger partial charge in [0.05, 0.1) is 0 Å².